The van der Waals surface area contributed by atoms with Crippen molar-refractivity contribution in [1.82, 2.24) is 4.90 Å². The van der Waals surface area contributed by atoms with Crippen molar-refractivity contribution in [2.75, 3.05) is 13.1 Å². The number of piperidine rings is 1. The number of nitrogens with zero attached hydrogens (tertiary/aromatic N) is 1. The molecule has 3 rings (SSSR count). The summed E-state index contributed by atoms with van der Waals surface area (Å²) >= 11 is 1.55. The number of thiophene rings is 1. The van der Waals surface area contributed by atoms with Gasteiger partial charge in [-0.25, -0.2) is 4.79 Å². The highest BCUT2D eigenvalue weighted by Crippen LogP contribution is 2.36. The van der Waals surface area contributed by atoms with E-state index in [0.717, 1.165) is 18.0 Å². The first-order valence-corrected chi connectivity index (χ1v) is 9.34. The van der Waals surface area contributed by atoms with Crippen LogP contribution in [0, 0.1) is 0 Å². The van der Waals surface area contributed by atoms with Crippen LogP contribution in [0.1, 0.15) is 48.3 Å². The van der Waals surface area contributed by atoms with Crippen LogP contribution in [0.25, 0.3) is 0 Å². The molecule has 2 atom stereocenters. The molecule has 6 heteroatoms. The fraction of sp³-hybridized carbons (Fsp3) is 0.421. The summed E-state index contributed by atoms with van der Waals surface area (Å²) in [6.45, 7) is 2.12. The summed E-state index contributed by atoms with van der Waals surface area (Å²) in [5.41, 5.74) is 1.23. The summed E-state index contributed by atoms with van der Waals surface area (Å²) in [4.78, 5) is 14.6. The van der Waals surface area contributed by atoms with Crippen LogP contribution >= 0.6 is 23.7 Å². The largest absolute Gasteiger partial charge is 0.506 e. The van der Waals surface area contributed by atoms with Gasteiger partial charge in [-0.05, 0) is 42.9 Å². The molecule has 1 saturated heterocycles. The van der Waals surface area contributed by atoms with Crippen LogP contribution in [0.15, 0.2) is 47.8 Å². The van der Waals surface area contributed by atoms with E-state index in [1.807, 2.05) is 35.7 Å². The Morgan fingerprint density at radius 1 is 1.12 bits per heavy atom. The van der Waals surface area contributed by atoms with Crippen LogP contribution < -0.4 is 0 Å². The standard InChI is InChI=1S/C19H23NO3S.ClH/c21-19(22)23-17(18-10-7-13-24-18)14-16(15-8-3-1-4-9-15)20-11-5-2-6-12-20;/h1,3-4,7-10,13,16-17H,2,5-6,11-12,14H2,(H,21,22);1H. The Morgan fingerprint density at radius 2 is 1.84 bits per heavy atom. The zero-order chi connectivity index (χ0) is 16.8. The summed E-state index contributed by atoms with van der Waals surface area (Å²) < 4.78 is 5.24. The number of rotatable bonds is 6. The normalized spacial score (nSPS) is 17.3. The number of carboxylic acid groups (broad SMARTS) is 1. The Balaban J connectivity index is 0.00000225. The predicted octanol–water partition coefficient (Wildman–Crippen LogP) is 5.52. The van der Waals surface area contributed by atoms with Crippen LogP contribution in [0.2, 0.25) is 0 Å². The van der Waals surface area contributed by atoms with Crippen LogP contribution in [0.4, 0.5) is 4.79 Å². The number of halogens is 1. The molecule has 0 radical (unpaired) electrons. The fourth-order valence-corrected chi connectivity index (χ4v) is 4.19. The number of carbonyl (C=O) groups is 1. The Bertz CT molecular complexity index is 629. The van der Waals surface area contributed by atoms with E-state index in [4.69, 9.17) is 9.84 Å². The quantitative estimate of drug-likeness (QED) is 0.669. The predicted molar refractivity (Wildman–Crippen MR) is 103 cm³/mol. The SMILES string of the molecule is Cl.O=C(O)OC(CC(c1ccccc1)N1CCCCC1)c1cccs1. The zero-order valence-corrected chi connectivity index (χ0v) is 15.7. The van der Waals surface area contributed by atoms with Crippen LogP contribution in [0.3, 0.4) is 0 Å². The van der Waals surface area contributed by atoms with Crippen molar-refractivity contribution in [3.63, 3.8) is 0 Å². The highest BCUT2D eigenvalue weighted by molar-refractivity contribution is 7.10. The van der Waals surface area contributed by atoms with Gasteiger partial charge in [0.2, 0.25) is 0 Å². The number of ether oxygens (including phenoxy) is 1. The minimum absolute atomic E-state index is 0. The van der Waals surface area contributed by atoms with E-state index in [1.165, 1.54) is 24.8 Å². The van der Waals surface area contributed by atoms with Crippen LogP contribution in [0.5, 0.6) is 0 Å². The van der Waals surface area contributed by atoms with E-state index in [9.17, 15) is 4.79 Å². The summed E-state index contributed by atoms with van der Waals surface area (Å²) in [5, 5.41) is 11.1. The van der Waals surface area contributed by atoms with E-state index in [2.05, 4.69) is 17.0 Å². The molecule has 1 N–H and O–H groups in total. The summed E-state index contributed by atoms with van der Waals surface area (Å²) in [6.07, 6.45) is 2.70. The molecular formula is C19H24ClNO3S. The molecule has 1 fully saturated rings. The van der Waals surface area contributed by atoms with E-state index in [1.54, 1.807) is 11.3 Å². The monoisotopic (exact) mass is 381 g/mol. The zero-order valence-electron chi connectivity index (χ0n) is 14.0. The van der Waals surface area contributed by atoms with Gasteiger partial charge in [0.1, 0.15) is 6.10 Å². The third-order valence-corrected chi connectivity index (χ3v) is 5.52. The summed E-state index contributed by atoms with van der Waals surface area (Å²) in [7, 11) is 0. The second-order valence-electron chi connectivity index (χ2n) is 6.15. The van der Waals surface area contributed by atoms with Gasteiger partial charge in [0.25, 0.3) is 0 Å². The molecule has 0 spiro atoms. The third-order valence-electron chi connectivity index (χ3n) is 4.56. The van der Waals surface area contributed by atoms with Gasteiger partial charge in [0, 0.05) is 17.3 Å². The molecule has 25 heavy (non-hydrogen) atoms. The van der Waals surface area contributed by atoms with Crippen molar-refractivity contribution in [3.8, 4) is 0 Å². The lowest BCUT2D eigenvalue weighted by Gasteiger charge is -2.36. The molecule has 2 aromatic rings. The summed E-state index contributed by atoms with van der Waals surface area (Å²) in [6, 6.07) is 14.4. The van der Waals surface area contributed by atoms with Crippen molar-refractivity contribution in [1.29, 1.82) is 0 Å². The highest BCUT2D eigenvalue weighted by atomic mass is 35.5. The smallest absolute Gasteiger partial charge is 0.450 e. The van der Waals surface area contributed by atoms with Gasteiger partial charge >= 0.3 is 6.16 Å². The Hall–Kier alpha value is -1.56. The number of likely N-dealkylation sites (tertiary alicyclic amines) is 1. The molecule has 4 nitrogen and oxygen atoms in total. The molecule has 1 aliphatic rings. The van der Waals surface area contributed by atoms with Crippen molar-refractivity contribution in [3.05, 3.63) is 58.3 Å². The molecule has 1 aromatic carbocycles. The molecule has 1 aliphatic heterocycles. The third kappa shape index (κ3) is 5.46. The van der Waals surface area contributed by atoms with Gasteiger partial charge < -0.3 is 9.84 Å². The van der Waals surface area contributed by atoms with Gasteiger partial charge in [-0.15, -0.1) is 23.7 Å². The average molecular weight is 382 g/mol. The molecule has 2 heterocycles. The van der Waals surface area contributed by atoms with Gasteiger partial charge in [-0.3, -0.25) is 4.90 Å². The van der Waals surface area contributed by atoms with E-state index >= 15 is 0 Å². The summed E-state index contributed by atoms with van der Waals surface area (Å²) in [5.74, 6) is 0. The fourth-order valence-electron chi connectivity index (χ4n) is 3.42. The van der Waals surface area contributed by atoms with Gasteiger partial charge in [-0.1, -0.05) is 42.8 Å². The molecular weight excluding hydrogens is 358 g/mol. The molecule has 2 unspecified atom stereocenters. The maximum absolute atomic E-state index is 11.2. The van der Waals surface area contributed by atoms with Crippen molar-refractivity contribution < 1.29 is 14.6 Å². The molecule has 0 saturated carbocycles. The molecule has 0 bridgehead atoms. The molecule has 0 aliphatic carbocycles. The maximum atomic E-state index is 11.2. The molecule has 136 valence electrons. The lowest BCUT2D eigenvalue weighted by atomic mass is 9.96. The average Bonchev–Trinajstić information content (AvgIpc) is 3.14. The van der Waals surface area contributed by atoms with E-state index in [-0.39, 0.29) is 18.4 Å². The Labute approximate surface area is 158 Å². The van der Waals surface area contributed by atoms with Crippen LogP contribution in [-0.4, -0.2) is 29.3 Å². The first-order chi connectivity index (χ1) is 11.7. The number of hydrogen-bond acceptors (Lipinski definition) is 4. The molecule has 0 amide bonds. The van der Waals surface area contributed by atoms with Crippen molar-refractivity contribution >= 4 is 29.9 Å². The first-order valence-electron chi connectivity index (χ1n) is 8.46. The second-order valence-corrected chi connectivity index (χ2v) is 7.13. The Kier molecular flexibility index (Phi) is 7.75. The van der Waals surface area contributed by atoms with Gasteiger partial charge in [-0.2, -0.15) is 0 Å². The Morgan fingerprint density at radius 3 is 2.44 bits per heavy atom. The number of benzene rings is 1. The minimum Gasteiger partial charge on any atom is -0.450 e. The highest BCUT2D eigenvalue weighted by Gasteiger charge is 2.28. The minimum atomic E-state index is -1.21. The van der Waals surface area contributed by atoms with Gasteiger partial charge in [0.15, 0.2) is 0 Å². The van der Waals surface area contributed by atoms with Crippen molar-refractivity contribution in [2.45, 2.75) is 37.8 Å². The van der Waals surface area contributed by atoms with Crippen molar-refractivity contribution in [2.24, 2.45) is 0 Å². The second kappa shape index (κ2) is 9.80. The lowest BCUT2D eigenvalue weighted by molar-refractivity contribution is 0.0298. The topological polar surface area (TPSA) is 49.8 Å². The first kappa shape index (κ1) is 19.8. The van der Waals surface area contributed by atoms with Gasteiger partial charge in [0.05, 0.1) is 0 Å². The lowest BCUT2D eigenvalue weighted by Crippen LogP contribution is -2.35. The maximum Gasteiger partial charge on any atom is 0.506 e. The van der Waals surface area contributed by atoms with E-state index < -0.39 is 12.3 Å². The van der Waals surface area contributed by atoms with E-state index in [0.29, 0.717) is 6.42 Å². The van der Waals surface area contributed by atoms with Crippen LogP contribution in [-0.2, 0) is 4.74 Å². The molecule has 1 aromatic heterocycles. The number of hydrogen-bond donors (Lipinski definition) is 1.